The molecule has 0 saturated carbocycles. The number of carboxylic acids is 1. The van der Waals surface area contributed by atoms with E-state index in [1.54, 1.807) is 48.4 Å². The first-order chi connectivity index (χ1) is 20.0. The Morgan fingerprint density at radius 3 is 2.24 bits per heavy atom. The van der Waals surface area contributed by atoms with Crippen molar-refractivity contribution < 1.29 is 42.9 Å². The van der Waals surface area contributed by atoms with Gasteiger partial charge in [-0.1, -0.05) is 18.2 Å². The zero-order valence-corrected chi connectivity index (χ0v) is 23.2. The molecule has 1 fully saturated rings. The van der Waals surface area contributed by atoms with Crippen LogP contribution in [0.4, 0.5) is 14.9 Å². The summed E-state index contributed by atoms with van der Waals surface area (Å²) in [4.78, 5) is 65.1. The van der Waals surface area contributed by atoms with Crippen LogP contribution < -0.4 is 10.3 Å². The van der Waals surface area contributed by atoms with E-state index in [0.717, 1.165) is 6.07 Å². The number of hydrogen-bond acceptors (Lipinski definition) is 9. The lowest BCUT2D eigenvalue weighted by molar-refractivity contribution is -0.179. The number of anilines is 1. The van der Waals surface area contributed by atoms with E-state index < -0.39 is 53.2 Å². The highest BCUT2D eigenvalue weighted by atomic mass is 19.1. The summed E-state index contributed by atoms with van der Waals surface area (Å²) in [6.07, 6.45) is -2.20. The van der Waals surface area contributed by atoms with E-state index in [9.17, 15) is 29.1 Å². The van der Waals surface area contributed by atoms with Crippen LogP contribution in [0.5, 0.6) is 0 Å². The number of hydrogen-bond donors (Lipinski definition) is 1. The third kappa shape index (κ3) is 6.51. The van der Waals surface area contributed by atoms with Crippen molar-refractivity contribution >= 4 is 40.6 Å². The zero-order valence-electron chi connectivity index (χ0n) is 23.2. The van der Waals surface area contributed by atoms with E-state index in [2.05, 4.69) is 0 Å². The summed E-state index contributed by atoms with van der Waals surface area (Å²) < 4.78 is 32.2. The van der Waals surface area contributed by atoms with Gasteiger partial charge in [-0.2, -0.15) is 0 Å². The van der Waals surface area contributed by atoms with Crippen LogP contribution in [0.1, 0.15) is 41.5 Å². The molecule has 1 saturated heterocycles. The third-order valence-corrected chi connectivity index (χ3v) is 6.57. The van der Waals surface area contributed by atoms with Gasteiger partial charge in [0.25, 0.3) is 0 Å². The summed E-state index contributed by atoms with van der Waals surface area (Å²) in [5.74, 6) is -4.05. The molecule has 0 bridgehead atoms. The summed E-state index contributed by atoms with van der Waals surface area (Å²) in [6, 6.07) is 10.4. The van der Waals surface area contributed by atoms with Gasteiger partial charge in [0.2, 0.25) is 5.43 Å². The molecule has 13 heteroatoms. The minimum atomic E-state index is -1.94. The Hall–Kier alpha value is -4.94. The predicted molar refractivity (Wildman–Crippen MR) is 148 cm³/mol. The van der Waals surface area contributed by atoms with Crippen molar-refractivity contribution in [2.24, 2.45) is 0 Å². The molecule has 0 aliphatic carbocycles. The second-order valence-corrected chi connectivity index (χ2v) is 9.73. The maximum Gasteiger partial charge on any atom is 0.413 e. The molecule has 2 aromatic carbocycles. The van der Waals surface area contributed by atoms with Gasteiger partial charge in [-0.25, -0.2) is 23.6 Å². The largest absolute Gasteiger partial charge is 0.477 e. The zero-order chi connectivity index (χ0) is 30.6. The number of carbonyl (C=O) groups excluding carboxylic acids is 3. The maximum absolute atomic E-state index is 15.2. The summed E-state index contributed by atoms with van der Waals surface area (Å²) >= 11 is 0. The van der Waals surface area contributed by atoms with E-state index >= 15 is 4.39 Å². The molecular weight excluding hydrogens is 553 g/mol. The van der Waals surface area contributed by atoms with Gasteiger partial charge < -0.3 is 33.7 Å². The van der Waals surface area contributed by atoms with Crippen LogP contribution in [0, 0.1) is 5.82 Å². The van der Waals surface area contributed by atoms with Crippen molar-refractivity contribution in [3.8, 4) is 0 Å². The van der Waals surface area contributed by atoms with Gasteiger partial charge in [-0.3, -0.25) is 4.79 Å². The SMILES string of the molecule is CCn1cc(C(=O)O)c(=O)c2cc(F)c(N3CCN(C(=O)OC(OC(=O)c4ccccc4)C(=O)OC(C)C)CC3)cc21. The lowest BCUT2D eigenvalue weighted by Gasteiger charge is -2.36. The molecule has 12 nitrogen and oxygen atoms in total. The van der Waals surface area contributed by atoms with Crippen molar-refractivity contribution in [3.63, 3.8) is 0 Å². The Bertz CT molecular complexity index is 1560. The topological polar surface area (TPSA) is 145 Å². The maximum atomic E-state index is 15.2. The fourth-order valence-electron chi connectivity index (χ4n) is 4.50. The number of aryl methyl sites for hydroxylation is 1. The van der Waals surface area contributed by atoms with Gasteiger partial charge in [-0.05, 0) is 45.0 Å². The molecule has 0 spiro atoms. The minimum absolute atomic E-state index is 0.0513. The molecule has 1 aliphatic heterocycles. The number of ether oxygens (including phenoxy) is 3. The molecule has 0 radical (unpaired) electrons. The number of aromatic nitrogens is 1. The van der Waals surface area contributed by atoms with Crippen LogP contribution in [0.2, 0.25) is 0 Å². The minimum Gasteiger partial charge on any atom is -0.477 e. The number of benzene rings is 2. The Labute approximate surface area is 239 Å². The van der Waals surface area contributed by atoms with E-state index in [1.165, 1.54) is 29.3 Å². The average Bonchev–Trinajstić information content (AvgIpc) is 2.97. The number of fused-ring (bicyclic) bond motifs is 1. The van der Waals surface area contributed by atoms with Gasteiger partial charge in [0.15, 0.2) is 0 Å². The molecule has 222 valence electrons. The van der Waals surface area contributed by atoms with Crippen LogP contribution in [-0.4, -0.2) is 77.1 Å². The molecule has 1 N–H and O–H groups in total. The molecular formula is C29H30FN3O9. The second-order valence-electron chi connectivity index (χ2n) is 9.73. The smallest absolute Gasteiger partial charge is 0.413 e. The number of amides is 1. The summed E-state index contributed by atoms with van der Waals surface area (Å²) in [5.41, 5.74) is -0.533. The van der Waals surface area contributed by atoms with E-state index in [4.69, 9.17) is 14.2 Å². The van der Waals surface area contributed by atoms with E-state index in [0.29, 0.717) is 12.1 Å². The molecule has 1 aromatic heterocycles. The first-order valence-corrected chi connectivity index (χ1v) is 13.3. The highest BCUT2D eigenvalue weighted by molar-refractivity contribution is 5.94. The second kappa shape index (κ2) is 12.7. The highest BCUT2D eigenvalue weighted by Gasteiger charge is 2.33. The Morgan fingerprint density at radius 2 is 1.64 bits per heavy atom. The number of rotatable bonds is 8. The van der Waals surface area contributed by atoms with Gasteiger partial charge in [0, 0.05) is 44.3 Å². The molecule has 3 aromatic rings. The van der Waals surface area contributed by atoms with Gasteiger partial charge >= 0.3 is 30.3 Å². The fourth-order valence-corrected chi connectivity index (χ4v) is 4.50. The lowest BCUT2D eigenvalue weighted by atomic mass is 10.1. The molecule has 4 rings (SSSR count). The monoisotopic (exact) mass is 583 g/mol. The van der Waals surface area contributed by atoms with Crippen LogP contribution in [0.3, 0.4) is 0 Å². The number of piperazine rings is 1. The highest BCUT2D eigenvalue weighted by Crippen LogP contribution is 2.26. The average molecular weight is 584 g/mol. The van der Waals surface area contributed by atoms with Crippen molar-refractivity contribution in [3.05, 3.63) is 75.8 Å². The number of esters is 2. The number of aromatic carboxylic acids is 1. The molecule has 1 unspecified atom stereocenters. The van der Waals surface area contributed by atoms with Crippen LogP contribution in [-0.2, 0) is 25.5 Å². The number of halogens is 1. The van der Waals surface area contributed by atoms with Crippen molar-refractivity contribution in [2.75, 3.05) is 31.1 Å². The first kappa shape index (κ1) is 30.0. The van der Waals surface area contributed by atoms with Crippen LogP contribution in [0.25, 0.3) is 10.9 Å². The van der Waals surface area contributed by atoms with Crippen LogP contribution >= 0.6 is 0 Å². The Balaban J connectivity index is 1.48. The normalized spacial score (nSPS) is 14.0. The summed E-state index contributed by atoms with van der Waals surface area (Å²) in [7, 11) is 0. The predicted octanol–water partition coefficient (Wildman–Crippen LogP) is 3.25. The molecule has 42 heavy (non-hydrogen) atoms. The summed E-state index contributed by atoms with van der Waals surface area (Å²) in [6.45, 7) is 5.79. The van der Waals surface area contributed by atoms with E-state index in [1.807, 2.05) is 0 Å². The van der Waals surface area contributed by atoms with Gasteiger partial charge in [-0.15, -0.1) is 0 Å². The van der Waals surface area contributed by atoms with Gasteiger partial charge in [0.05, 0.1) is 22.9 Å². The molecule has 1 atom stereocenters. The first-order valence-electron chi connectivity index (χ1n) is 13.3. The molecule has 2 heterocycles. The standard InChI is InChI=1S/C29H30FN3O9/c1-4-31-16-20(25(35)36)24(34)19-14-21(30)23(15-22(19)31)32-10-12-33(13-11-32)29(39)42-28(27(38)40-17(2)3)41-26(37)18-8-6-5-7-9-18/h5-9,14-17,28H,4,10-13H2,1-3H3,(H,35,36). The van der Waals surface area contributed by atoms with Crippen LogP contribution in [0.15, 0.2) is 53.5 Å². The number of carboxylic acid groups (broad SMARTS) is 1. The van der Waals surface area contributed by atoms with E-state index in [-0.39, 0.29) is 42.8 Å². The van der Waals surface area contributed by atoms with Crippen molar-refractivity contribution in [1.82, 2.24) is 9.47 Å². The quantitative estimate of drug-likeness (QED) is 0.310. The fraction of sp³-hybridized carbons (Fsp3) is 0.345. The number of nitrogens with zero attached hydrogens (tertiary/aromatic N) is 3. The lowest BCUT2D eigenvalue weighted by Crippen LogP contribution is -2.50. The van der Waals surface area contributed by atoms with Crippen molar-refractivity contribution in [2.45, 2.75) is 39.7 Å². The Kier molecular flexibility index (Phi) is 9.09. The molecule has 1 amide bonds. The molecule has 1 aliphatic rings. The van der Waals surface area contributed by atoms with Crippen molar-refractivity contribution in [1.29, 1.82) is 0 Å². The number of carbonyl (C=O) groups is 4. The Morgan fingerprint density at radius 1 is 0.976 bits per heavy atom. The summed E-state index contributed by atoms with van der Waals surface area (Å²) in [5, 5.41) is 9.30. The van der Waals surface area contributed by atoms with Gasteiger partial charge in [0.1, 0.15) is 11.4 Å². The number of pyridine rings is 1. The third-order valence-electron chi connectivity index (χ3n) is 6.57.